The molecule has 1 rings (SSSR count). The van der Waals surface area contributed by atoms with Crippen LogP contribution in [0.3, 0.4) is 0 Å². The lowest BCUT2D eigenvalue weighted by Crippen LogP contribution is -2.11. The highest BCUT2D eigenvalue weighted by atomic mass is 16.5. The van der Waals surface area contributed by atoms with Gasteiger partial charge in [0.15, 0.2) is 0 Å². The molecule has 0 aliphatic carbocycles. The van der Waals surface area contributed by atoms with Gasteiger partial charge in [-0.2, -0.15) is 0 Å². The quantitative estimate of drug-likeness (QED) is 0.792. The fourth-order valence-electron chi connectivity index (χ4n) is 1.06. The van der Waals surface area contributed by atoms with Crippen molar-refractivity contribution in [2.75, 3.05) is 0 Å². The van der Waals surface area contributed by atoms with Crippen LogP contribution in [0, 0.1) is 5.92 Å². The van der Waals surface area contributed by atoms with Crippen molar-refractivity contribution in [1.82, 2.24) is 0 Å². The van der Waals surface area contributed by atoms with Crippen LogP contribution in [0.15, 0.2) is 24.3 Å². The Morgan fingerprint density at radius 1 is 1.25 bits per heavy atom. The van der Waals surface area contributed by atoms with Crippen LogP contribution in [-0.2, 0) is 16.1 Å². The normalized spacial score (nSPS) is 10.2. The van der Waals surface area contributed by atoms with Gasteiger partial charge in [-0.25, -0.2) is 4.79 Å². The topological polar surface area (TPSA) is 63.6 Å². The Kier molecular flexibility index (Phi) is 4.05. The third-order valence-corrected chi connectivity index (χ3v) is 2.05. The Bertz CT molecular complexity index is 379. The van der Waals surface area contributed by atoms with Gasteiger partial charge >= 0.3 is 11.9 Å². The van der Waals surface area contributed by atoms with E-state index in [2.05, 4.69) is 0 Å². The number of esters is 1. The summed E-state index contributed by atoms with van der Waals surface area (Å²) in [6, 6.07) is 6.25. The van der Waals surface area contributed by atoms with Crippen LogP contribution >= 0.6 is 0 Å². The number of rotatable bonds is 4. The fraction of sp³-hybridized carbons (Fsp3) is 0.333. The number of carboxylic acid groups (broad SMARTS) is 1. The number of benzene rings is 1. The minimum Gasteiger partial charge on any atom is -0.478 e. The first kappa shape index (κ1) is 12.2. The maximum Gasteiger partial charge on any atom is 0.335 e. The Labute approximate surface area is 93.9 Å². The van der Waals surface area contributed by atoms with Crippen LogP contribution in [0.4, 0.5) is 0 Å². The summed E-state index contributed by atoms with van der Waals surface area (Å²) in [7, 11) is 0. The lowest BCUT2D eigenvalue weighted by molar-refractivity contribution is -0.148. The van der Waals surface area contributed by atoms with Gasteiger partial charge in [-0.05, 0) is 17.7 Å². The van der Waals surface area contributed by atoms with E-state index in [9.17, 15) is 9.59 Å². The van der Waals surface area contributed by atoms with Gasteiger partial charge in [-0.3, -0.25) is 4.79 Å². The summed E-state index contributed by atoms with van der Waals surface area (Å²) < 4.78 is 5.00. The molecular weight excluding hydrogens is 208 g/mol. The van der Waals surface area contributed by atoms with E-state index in [0.717, 1.165) is 5.56 Å². The molecule has 0 aliphatic rings. The summed E-state index contributed by atoms with van der Waals surface area (Å²) in [6.45, 7) is 3.70. The molecule has 0 saturated heterocycles. The van der Waals surface area contributed by atoms with Crippen LogP contribution in [0.5, 0.6) is 0 Å². The van der Waals surface area contributed by atoms with E-state index < -0.39 is 5.97 Å². The van der Waals surface area contributed by atoms with Gasteiger partial charge in [0.05, 0.1) is 11.5 Å². The molecule has 0 heterocycles. The average Bonchev–Trinajstić information content (AvgIpc) is 2.26. The number of carbonyl (C=O) groups is 2. The number of ether oxygens (including phenoxy) is 1. The molecule has 1 aromatic carbocycles. The highest BCUT2D eigenvalue weighted by molar-refractivity contribution is 5.87. The van der Waals surface area contributed by atoms with Gasteiger partial charge < -0.3 is 9.84 Å². The van der Waals surface area contributed by atoms with Crippen LogP contribution in [0.2, 0.25) is 0 Å². The predicted molar refractivity (Wildman–Crippen MR) is 58.0 cm³/mol. The van der Waals surface area contributed by atoms with Crippen molar-refractivity contribution < 1.29 is 19.4 Å². The SMILES string of the molecule is CC(C)C(=O)OCc1ccc(C(=O)O)cc1. The number of aromatic carboxylic acids is 1. The molecule has 1 N–H and O–H groups in total. The second-order valence-electron chi connectivity index (χ2n) is 3.76. The molecule has 0 bridgehead atoms. The van der Waals surface area contributed by atoms with Gasteiger partial charge in [0.25, 0.3) is 0 Å². The Morgan fingerprint density at radius 2 is 1.81 bits per heavy atom. The largest absolute Gasteiger partial charge is 0.478 e. The Hall–Kier alpha value is -1.84. The van der Waals surface area contributed by atoms with Crippen molar-refractivity contribution in [3.63, 3.8) is 0 Å². The van der Waals surface area contributed by atoms with E-state index in [-0.39, 0.29) is 24.1 Å². The van der Waals surface area contributed by atoms with Crippen molar-refractivity contribution >= 4 is 11.9 Å². The average molecular weight is 222 g/mol. The molecule has 0 unspecified atom stereocenters. The standard InChI is InChI=1S/C12H14O4/c1-8(2)12(15)16-7-9-3-5-10(6-4-9)11(13)14/h3-6,8H,7H2,1-2H3,(H,13,14). The third-order valence-electron chi connectivity index (χ3n) is 2.05. The smallest absolute Gasteiger partial charge is 0.335 e. The van der Waals surface area contributed by atoms with E-state index in [1.165, 1.54) is 12.1 Å². The maximum absolute atomic E-state index is 11.2. The lowest BCUT2D eigenvalue weighted by Gasteiger charge is -2.07. The molecule has 0 spiro atoms. The van der Waals surface area contributed by atoms with Crippen molar-refractivity contribution in [3.8, 4) is 0 Å². The summed E-state index contributed by atoms with van der Waals surface area (Å²) >= 11 is 0. The molecule has 16 heavy (non-hydrogen) atoms. The first-order valence-corrected chi connectivity index (χ1v) is 4.99. The molecule has 0 atom stereocenters. The first-order valence-electron chi connectivity index (χ1n) is 4.99. The number of hydrogen-bond donors (Lipinski definition) is 1. The number of carbonyl (C=O) groups excluding carboxylic acids is 1. The predicted octanol–water partition coefficient (Wildman–Crippen LogP) is 2.08. The highest BCUT2D eigenvalue weighted by Gasteiger charge is 2.08. The Morgan fingerprint density at radius 3 is 2.25 bits per heavy atom. The lowest BCUT2D eigenvalue weighted by atomic mass is 10.1. The summed E-state index contributed by atoms with van der Waals surface area (Å²) in [5, 5.41) is 8.68. The van der Waals surface area contributed by atoms with Gasteiger partial charge in [0, 0.05) is 0 Å². The van der Waals surface area contributed by atoms with E-state index in [1.807, 2.05) is 0 Å². The number of carboxylic acids is 1. The molecule has 4 heteroatoms. The highest BCUT2D eigenvalue weighted by Crippen LogP contribution is 2.07. The van der Waals surface area contributed by atoms with E-state index in [1.54, 1.807) is 26.0 Å². The molecule has 0 radical (unpaired) electrons. The zero-order chi connectivity index (χ0) is 12.1. The minimum absolute atomic E-state index is 0.154. The molecule has 4 nitrogen and oxygen atoms in total. The second-order valence-corrected chi connectivity index (χ2v) is 3.76. The summed E-state index contributed by atoms with van der Waals surface area (Å²) in [4.78, 5) is 21.8. The summed E-state index contributed by atoms with van der Waals surface area (Å²) in [5.41, 5.74) is 0.998. The molecule has 0 amide bonds. The minimum atomic E-state index is -0.967. The second kappa shape index (κ2) is 5.30. The third kappa shape index (κ3) is 3.38. The van der Waals surface area contributed by atoms with Crippen LogP contribution in [-0.4, -0.2) is 17.0 Å². The van der Waals surface area contributed by atoms with E-state index >= 15 is 0 Å². The van der Waals surface area contributed by atoms with E-state index in [0.29, 0.717) is 0 Å². The van der Waals surface area contributed by atoms with Gasteiger partial charge in [0.2, 0.25) is 0 Å². The molecule has 0 aliphatic heterocycles. The fourth-order valence-corrected chi connectivity index (χ4v) is 1.06. The van der Waals surface area contributed by atoms with Crippen LogP contribution in [0.25, 0.3) is 0 Å². The van der Waals surface area contributed by atoms with E-state index in [4.69, 9.17) is 9.84 Å². The zero-order valence-electron chi connectivity index (χ0n) is 9.27. The monoisotopic (exact) mass is 222 g/mol. The molecule has 1 aromatic rings. The van der Waals surface area contributed by atoms with Crippen molar-refractivity contribution in [1.29, 1.82) is 0 Å². The number of hydrogen-bond acceptors (Lipinski definition) is 3. The Balaban J connectivity index is 2.56. The van der Waals surface area contributed by atoms with Gasteiger partial charge in [-0.15, -0.1) is 0 Å². The van der Waals surface area contributed by atoms with Crippen molar-refractivity contribution in [2.45, 2.75) is 20.5 Å². The zero-order valence-corrected chi connectivity index (χ0v) is 9.27. The van der Waals surface area contributed by atoms with Gasteiger partial charge in [-0.1, -0.05) is 26.0 Å². The maximum atomic E-state index is 11.2. The molecule has 86 valence electrons. The van der Waals surface area contributed by atoms with Crippen molar-refractivity contribution in [2.24, 2.45) is 5.92 Å². The van der Waals surface area contributed by atoms with Crippen LogP contribution in [0.1, 0.15) is 29.8 Å². The molecular formula is C12H14O4. The summed E-state index contributed by atoms with van der Waals surface area (Å²) in [6.07, 6.45) is 0. The van der Waals surface area contributed by atoms with Crippen LogP contribution < -0.4 is 0 Å². The summed E-state index contributed by atoms with van der Waals surface area (Å²) in [5.74, 6) is -1.38. The molecule has 0 aromatic heterocycles. The molecule has 0 saturated carbocycles. The van der Waals surface area contributed by atoms with Gasteiger partial charge in [0.1, 0.15) is 6.61 Å². The van der Waals surface area contributed by atoms with Crippen molar-refractivity contribution in [3.05, 3.63) is 35.4 Å². The first-order chi connectivity index (χ1) is 7.50. The molecule has 0 fully saturated rings.